The Hall–Kier alpha value is -0.560. The molecule has 2 fully saturated rings. The van der Waals surface area contributed by atoms with E-state index in [9.17, 15) is 0 Å². The van der Waals surface area contributed by atoms with Crippen molar-refractivity contribution >= 4 is 0 Å². The van der Waals surface area contributed by atoms with Crippen LogP contribution in [0.25, 0.3) is 0 Å². The van der Waals surface area contributed by atoms with Crippen molar-refractivity contribution in [2.45, 2.75) is 50.2 Å². The van der Waals surface area contributed by atoms with Crippen LogP contribution in [0.2, 0.25) is 0 Å². The van der Waals surface area contributed by atoms with Gasteiger partial charge < -0.3 is 11.1 Å². The number of hydrogen-bond donors (Lipinski definition) is 2. The highest BCUT2D eigenvalue weighted by atomic mass is 15.3. The lowest BCUT2D eigenvalue weighted by molar-refractivity contribution is 0.242. The third kappa shape index (κ3) is 2.40. The van der Waals surface area contributed by atoms with Gasteiger partial charge in [0.1, 0.15) is 0 Å². The maximum atomic E-state index is 5.96. The first-order valence-electron chi connectivity index (χ1n) is 6.35. The van der Waals surface area contributed by atoms with Crippen LogP contribution in [-0.4, -0.2) is 42.2 Å². The van der Waals surface area contributed by atoms with Gasteiger partial charge in [0.25, 0.3) is 0 Å². The molecule has 3 nitrogen and oxygen atoms in total. The van der Waals surface area contributed by atoms with Gasteiger partial charge in [0.05, 0.1) is 0 Å². The molecular weight excluding hydrogens is 198 g/mol. The first-order valence-corrected chi connectivity index (χ1v) is 6.35. The fourth-order valence-corrected chi connectivity index (χ4v) is 2.90. The summed E-state index contributed by atoms with van der Waals surface area (Å²) in [6.07, 6.45) is 9.97. The van der Waals surface area contributed by atoms with E-state index in [1.165, 1.54) is 12.8 Å². The summed E-state index contributed by atoms with van der Waals surface area (Å²) in [5, 5.41) is 3.58. The average Bonchev–Trinajstić information content (AvgIpc) is 3.05. The standard InChI is InChI=1S/C13H23N3/c1-3-4-7-15-13(9-14)8-11(2)16(10-13)12-5-6-12/h1,11-12,15H,4-10,14H2,2H3. The van der Waals surface area contributed by atoms with E-state index in [0.717, 1.165) is 32.0 Å². The molecule has 0 aromatic heterocycles. The highest BCUT2D eigenvalue weighted by molar-refractivity contribution is 5.06. The number of nitrogens with two attached hydrogens (primary N) is 1. The van der Waals surface area contributed by atoms with E-state index in [1.807, 2.05) is 0 Å². The van der Waals surface area contributed by atoms with Gasteiger partial charge in [-0.05, 0) is 26.2 Å². The van der Waals surface area contributed by atoms with Crippen LogP contribution in [0.1, 0.15) is 32.6 Å². The molecule has 0 aromatic rings. The van der Waals surface area contributed by atoms with Crippen LogP contribution in [0.5, 0.6) is 0 Å². The van der Waals surface area contributed by atoms with Crippen molar-refractivity contribution in [3.63, 3.8) is 0 Å². The Kier molecular flexibility index (Phi) is 3.53. The summed E-state index contributed by atoms with van der Waals surface area (Å²) in [7, 11) is 0. The number of likely N-dealkylation sites (tertiary alicyclic amines) is 1. The number of nitrogens with one attached hydrogen (secondary N) is 1. The van der Waals surface area contributed by atoms with Crippen LogP contribution >= 0.6 is 0 Å². The highest BCUT2D eigenvalue weighted by Gasteiger charge is 2.45. The summed E-state index contributed by atoms with van der Waals surface area (Å²) in [6.45, 7) is 5.02. The molecule has 2 unspecified atom stereocenters. The molecule has 2 aliphatic rings. The molecule has 0 amide bonds. The minimum Gasteiger partial charge on any atom is -0.329 e. The molecule has 3 heteroatoms. The van der Waals surface area contributed by atoms with E-state index in [4.69, 9.17) is 12.2 Å². The average molecular weight is 221 g/mol. The Morgan fingerprint density at radius 2 is 2.31 bits per heavy atom. The van der Waals surface area contributed by atoms with Crippen LogP contribution in [0.15, 0.2) is 0 Å². The lowest BCUT2D eigenvalue weighted by Gasteiger charge is -2.29. The van der Waals surface area contributed by atoms with Crippen LogP contribution in [0.4, 0.5) is 0 Å². The lowest BCUT2D eigenvalue weighted by atomic mass is 9.96. The summed E-state index contributed by atoms with van der Waals surface area (Å²) in [5.74, 6) is 2.67. The number of rotatable bonds is 5. The summed E-state index contributed by atoms with van der Waals surface area (Å²) in [4.78, 5) is 2.62. The Bertz CT molecular complexity index is 279. The van der Waals surface area contributed by atoms with Crippen molar-refractivity contribution in [1.82, 2.24) is 10.2 Å². The summed E-state index contributed by atoms with van der Waals surface area (Å²) >= 11 is 0. The number of nitrogens with zero attached hydrogens (tertiary/aromatic N) is 1. The monoisotopic (exact) mass is 221 g/mol. The number of terminal acetylenes is 1. The normalized spacial score (nSPS) is 35.2. The van der Waals surface area contributed by atoms with E-state index in [2.05, 4.69) is 23.1 Å². The van der Waals surface area contributed by atoms with Gasteiger partial charge in [0, 0.05) is 43.7 Å². The Morgan fingerprint density at radius 3 is 2.88 bits per heavy atom. The largest absolute Gasteiger partial charge is 0.329 e. The van der Waals surface area contributed by atoms with E-state index in [0.29, 0.717) is 12.6 Å². The molecule has 0 radical (unpaired) electrons. The van der Waals surface area contributed by atoms with Gasteiger partial charge in [-0.15, -0.1) is 12.3 Å². The van der Waals surface area contributed by atoms with Crippen LogP contribution in [0.3, 0.4) is 0 Å². The second kappa shape index (κ2) is 4.75. The fraction of sp³-hybridized carbons (Fsp3) is 0.846. The molecule has 1 heterocycles. The summed E-state index contributed by atoms with van der Waals surface area (Å²) < 4.78 is 0. The second-order valence-corrected chi connectivity index (χ2v) is 5.32. The predicted molar refractivity (Wildman–Crippen MR) is 67.0 cm³/mol. The Balaban J connectivity index is 1.92. The molecule has 16 heavy (non-hydrogen) atoms. The minimum atomic E-state index is 0.110. The molecule has 1 saturated heterocycles. The zero-order valence-electron chi connectivity index (χ0n) is 10.2. The third-order valence-electron chi connectivity index (χ3n) is 3.91. The van der Waals surface area contributed by atoms with Crippen molar-refractivity contribution in [2.24, 2.45) is 5.73 Å². The smallest absolute Gasteiger partial charge is 0.0447 e. The van der Waals surface area contributed by atoms with Gasteiger partial charge >= 0.3 is 0 Å². The number of hydrogen-bond acceptors (Lipinski definition) is 3. The van der Waals surface area contributed by atoms with Crippen molar-refractivity contribution in [3.8, 4) is 12.3 Å². The van der Waals surface area contributed by atoms with Crippen LogP contribution < -0.4 is 11.1 Å². The molecular formula is C13H23N3. The zero-order chi connectivity index (χ0) is 11.6. The van der Waals surface area contributed by atoms with E-state index in [1.54, 1.807) is 0 Å². The molecule has 2 atom stereocenters. The van der Waals surface area contributed by atoms with Crippen LogP contribution in [-0.2, 0) is 0 Å². The van der Waals surface area contributed by atoms with Gasteiger partial charge in [0.15, 0.2) is 0 Å². The quantitative estimate of drug-likeness (QED) is 0.526. The van der Waals surface area contributed by atoms with Crippen molar-refractivity contribution in [1.29, 1.82) is 0 Å². The van der Waals surface area contributed by atoms with Crippen LogP contribution in [0, 0.1) is 12.3 Å². The van der Waals surface area contributed by atoms with E-state index < -0.39 is 0 Å². The van der Waals surface area contributed by atoms with Gasteiger partial charge in [0.2, 0.25) is 0 Å². The third-order valence-corrected chi connectivity index (χ3v) is 3.91. The molecule has 1 aliphatic carbocycles. The molecule has 3 N–H and O–H groups in total. The zero-order valence-corrected chi connectivity index (χ0v) is 10.2. The van der Waals surface area contributed by atoms with Gasteiger partial charge in [-0.3, -0.25) is 4.90 Å². The molecule has 0 bridgehead atoms. The minimum absolute atomic E-state index is 0.110. The topological polar surface area (TPSA) is 41.3 Å². The van der Waals surface area contributed by atoms with Crippen molar-refractivity contribution < 1.29 is 0 Å². The Morgan fingerprint density at radius 1 is 1.56 bits per heavy atom. The molecule has 1 saturated carbocycles. The first-order chi connectivity index (χ1) is 7.71. The lowest BCUT2D eigenvalue weighted by Crippen LogP contribution is -2.53. The molecule has 0 aromatic carbocycles. The van der Waals surface area contributed by atoms with Crippen molar-refractivity contribution in [2.75, 3.05) is 19.6 Å². The van der Waals surface area contributed by atoms with Crippen molar-refractivity contribution in [3.05, 3.63) is 0 Å². The summed E-state index contributed by atoms with van der Waals surface area (Å²) in [6, 6.07) is 1.49. The molecule has 2 rings (SSSR count). The van der Waals surface area contributed by atoms with Gasteiger partial charge in [-0.25, -0.2) is 0 Å². The fourth-order valence-electron chi connectivity index (χ4n) is 2.90. The molecule has 90 valence electrons. The second-order valence-electron chi connectivity index (χ2n) is 5.32. The maximum Gasteiger partial charge on any atom is 0.0447 e. The molecule has 0 spiro atoms. The predicted octanol–water partition coefficient (Wildman–Crippen LogP) is 0.553. The van der Waals surface area contributed by atoms with Gasteiger partial charge in [-0.2, -0.15) is 0 Å². The Labute approximate surface area is 98.8 Å². The molecule has 1 aliphatic heterocycles. The van der Waals surface area contributed by atoms with E-state index in [-0.39, 0.29) is 5.54 Å². The summed E-state index contributed by atoms with van der Waals surface area (Å²) in [5.41, 5.74) is 6.07. The van der Waals surface area contributed by atoms with E-state index >= 15 is 0 Å². The first kappa shape index (κ1) is 11.9. The van der Waals surface area contributed by atoms with Gasteiger partial charge in [-0.1, -0.05) is 0 Å². The SMILES string of the molecule is C#CCCNC1(CN)CC(C)N(C2CC2)C1. The maximum absolute atomic E-state index is 5.96. The highest BCUT2D eigenvalue weighted by Crippen LogP contribution is 2.36.